The minimum absolute atomic E-state index is 0.816. The zero-order valence-electron chi connectivity index (χ0n) is 9.87. The van der Waals surface area contributed by atoms with Crippen LogP contribution in [-0.2, 0) is 4.74 Å². The summed E-state index contributed by atoms with van der Waals surface area (Å²) < 4.78 is 5.21. The number of hydrogen-bond donors (Lipinski definition) is 1. The van der Waals surface area contributed by atoms with Crippen LogP contribution in [0, 0.1) is 11.8 Å². The van der Waals surface area contributed by atoms with Crippen LogP contribution in [0.4, 0.5) is 0 Å². The first kappa shape index (κ1) is 11.4. The van der Waals surface area contributed by atoms with E-state index in [0.29, 0.717) is 0 Å². The third kappa shape index (κ3) is 3.44. The van der Waals surface area contributed by atoms with Crippen molar-refractivity contribution < 1.29 is 4.74 Å². The van der Waals surface area contributed by atoms with E-state index in [4.69, 9.17) is 4.74 Å². The first-order valence-electron chi connectivity index (χ1n) is 6.30. The lowest BCUT2D eigenvalue weighted by Gasteiger charge is -2.34. The summed E-state index contributed by atoms with van der Waals surface area (Å²) in [4.78, 5) is 2.63. The molecular formula is C12H24N2O. The molecule has 0 aromatic carbocycles. The Morgan fingerprint density at radius 2 is 1.93 bits per heavy atom. The predicted octanol–water partition coefficient (Wildman–Crippen LogP) is 0.954. The van der Waals surface area contributed by atoms with Crippen molar-refractivity contribution in [3.63, 3.8) is 0 Å². The second-order valence-corrected chi connectivity index (χ2v) is 5.05. The van der Waals surface area contributed by atoms with Crippen LogP contribution in [0.2, 0.25) is 0 Å². The molecule has 15 heavy (non-hydrogen) atoms. The molecule has 2 saturated heterocycles. The number of hydrogen-bond acceptors (Lipinski definition) is 3. The van der Waals surface area contributed by atoms with Gasteiger partial charge in [-0.25, -0.2) is 0 Å². The van der Waals surface area contributed by atoms with Gasteiger partial charge in [-0.1, -0.05) is 0 Å². The molecule has 2 aliphatic heterocycles. The van der Waals surface area contributed by atoms with Gasteiger partial charge in [-0.15, -0.1) is 0 Å². The molecule has 0 atom stereocenters. The quantitative estimate of drug-likeness (QED) is 0.734. The van der Waals surface area contributed by atoms with E-state index in [1.54, 1.807) is 0 Å². The van der Waals surface area contributed by atoms with Gasteiger partial charge in [-0.3, -0.25) is 0 Å². The Hall–Kier alpha value is -0.120. The van der Waals surface area contributed by atoms with Gasteiger partial charge in [0.25, 0.3) is 0 Å². The molecule has 2 aliphatic rings. The molecule has 0 bridgehead atoms. The highest BCUT2D eigenvalue weighted by molar-refractivity contribution is 4.78. The van der Waals surface area contributed by atoms with Crippen LogP contribution in [0.1, 0.15) is 19.3 Å². The molecule has 88 valence electrons. The second-order valence-electron chi connectivity index (χ2n) is 5.05. The molecule has 0 radical (unpaired) electrons. The van der Waals surface area contributed by atoms with E-state index in [-0.39, 0.29) is 0 Å². The summed E-state index contributed by atoms with van der Waals surface area (Å²) in [6, 6.07) is 0. The number of rotatable bonds is 5. The summed E-state index contributed by atoms with van der Waals surface area (Å²) >= 11 is 0. The van der Waals surface area contributed by atoms with Gasteiger partial charge in [0.15, 0.2) is 0 Å². The lowest BCUT2D eigenvalue weighted by molar-refractivity contribution is 0.0954. The Bertz CT molecular complexity index is 174. The van der Waals surface area contributed by atoms with Crippen LogP contribution in [0.25, 0.3) is 0 Å². The van der Waals surface area contributed by atoms with E-state index in [0.717, 1.165) is 18.4 Å². The first-order valence-corrected chi connectivity index (χ1v) is 6.30. The monoisotopic (exact) mass is 212 g/mol. The van der Waals surface area contributed by atoms with E-state index >= 15 is 0 Å². The summed E-state index contributed by atoms with van der Waals surface area (Å²) in [5.41, 5.74) is 0. The van der Waals surface area contributed by atoms with E-state index in [1.807, 2.05) is 7.11 Å². The van der Waals surface area contributed by atoms with Gasteiger partial charge in [0.2, 0.25) is 0 Å². The molecule has 2 heterocycles. The predicted molar refractivity (Wildman–Crippen MR) is 62.0 cm³/mol. The van der Waals surface area contributed by atoms with Crippen LogP contribution < -0.4 is 5.32 Å². The highest BCUT2D eigenvalue weighted by atomic mass is 16.5. The van der Waals surface area contributed by atoms with Crippen LogP contribution >= 0.6 is 0 Å². The van der Waals surface area contributed by atoms with Gasteiger partial charge in [0.1, 0.15) is 0 Å². The van der Waals surface area contributed by atoms with Crippen molar-refractivity contribution in [3.8, 4) is 0 Å². The van der Waals surface area contributed by atoms with E-state index in [9.17, 15) is 0 Å². The smallest absolute Gasteiger partial charge is 0.0491 e. The molecular weight excluding hydrogens is 188 g/mol. The number of piperidine rings is 1. The first-order chi connectivity index (χ1) is 7.38. The summed E-state index contributed by atoms with van der Waals surface area (Å²) in [7, 11) is 1.82. The van der Waals surface area contributed by atoms with Crippen LogP contribution in [0.3, 0.4) is 0 Å². The molecule has 2 rings (SSSR count). The number of nitrogens with zero attached hydrogens (tertiary/aromatic N) is 1. The fraction of sp³-hybridized carbons (Fsp3) is 1.00. The Balaban J connectivity index is 1.56. The standard InChI is InChI=1S/C12H24N2O/c1-15-10-11-2-5-14(6-3-11)7-4-12-8-13-9-12/h11-13H,2-10H2,1H3. The Kier molecular flexibility index (Phi) is 4.42. The van der Waals surface area contributed by atoms with Gasteiger partial charge >= 0.3 is 0 Å². The number of methoxy groups -OCH3 is 1. The number of likely N-dealkylation sites (tertiary alicyclic amines) is 1. The molecule has 0 aromatic heterocycles. The Morgan fingerprint density at radius 3 is 2.47 bits per heavy atom. The Labute approximate surface area is 93.2 Å². The maximum absolute atomic E-state index is 5.21. The van der Waals surface area contributed by atoms with Crippen molar-refractivity contribution in [2.45, 2.75) is 19.3 Å². The average Bonchev–Trinajstić information content (AvgIpc) is 2.19. The molecule has 0 unspecified atom stereocenters. The van der Waals surface area contributed by atoms with E-state index < -0.39 is 0 Å². The molecule has 0 aromatic rings. The molecule has 0 spiro atoms. The minimum atomic E-state index is 0.816. The molecule has 3 heteroatoms. The lowest BCUT2D eigenvalue weighted by atomic mass is 9.95. The van der Waals surface area contributed by atoms with Crippen molar-refractivity contribution in [2.24, 2.45) is 11.8 Å². The topological polar surface area (TPSA) is 24.5 Å². The average molecular weight is 212 g/mol. The highest BCUT2D eigenvalue weighted by Crippen LogP contribution is 2.18. The third-order valence-corrected chi connectivity index (χ3v) is 3.83. The summed E-state index contributed by atoms with van der Waals surface area (Å²) in [6.45, 7) is 7.34. The number of nitrogens with one attached hydrogen (secondary N) is 1. The van der Waals surface area contributed by atoms with Gasteiger partial charge in [0, 0.05) is 13.7 Å². The minimum Gasteiger partial charge on any atom is -0.384 e. The van der Waals surface area contributed by atoms with Gasteiger partial charge in [-0.2, -0.15) is 0 Å². The Morgan fingerprint density at radius 1 is 1.20 bits per heavy atom. The maximum atomic E-state index is 5.21. The van der Waals surface area contributed by atoms with E-state index in [2.05, 4.69) is 10.2 Å². The third-order valence-electron chi connectivity index (χ3n) is 3.83. The summed E-state index contributed by atoms with van der Waals surface area (Å²) in [5.74, 6) is 1.78. The van der Waals surface area contributed by atoms with Crippen molar-refractivity contribution >= 4 is 0 Å². The molecule has 0 amide bonds. The lowest BCUT2D eigenvalue weighted by Crippen LogP contribution is -2.44. The molecule has 0 aliphatic carbocycles. The molecule has 2 fully saturated rings. The largest absolute Gasteiger partial charge is 0.384 e. The fourth-order valence-electron chi connectivity index (χ4n) is 2.53. The van der Waals surface area contributed by atoms with Gasteiger partial charge in [-0.05, 0) is 63.8 Å². The fourth-order valence-corrected chi connectivity index (χ4v) is 2.53. The van der Waals surface area contributed by atoms with Crippen molar-refractivity contribution in [2.75, 3.05) is 46.4 Å². The highest BCUT2D eigenvalue weighted by Gasteiger charge is 2.21. The van der Waals surface area contributed by atoms with Crippen LogP contribution in [0.5, 0.6) is 0 Å². The van der Waals surface area contributed by atoms with Gasteiger partial charge < -0.3 is 15.0 Å². The number of ether oxygens (including phenoxy) is 1. The summed E-state index contributed by atoms with van der Waals surface area (Å²) in [5, 5.41) is 3.34. The molecule has 3 nitrogen and oxygen atoms in total. The second kappa shape index (κ2) is 5.83. The van der Waals surface area contributed by atoms with Crippen LogP contribution in [-0.4, -0.2) is 51.3 Å². The summed E-state index contributed by atoms with van der Waals surface area (Å²) in [6.07, 6.45) is 4.05. The zero-order valence-corrected chi connectivity index (χ0v) is 9.87. The van der Waals surface area contributed by atoms with Crippen molar-refractivity contribution in [3.05, 3.63) is 0 Å². The van der Waals surface area contributed by atoms with Crippen molar-refractivity contribution in [1.82, 2.24) is 10.2 Å². The van der Waals surface area contributed by atoms with Crippen molar-refractivity contribution in [1.29, 1.82) is 0 Å². The van der Waals surface area contributed by atoms with Gasteiger partial charge in [0.05, 0.1) is 0 Å². The van der Waals surface area contributed by atoms with Crippen LogP contribution in [0.15, 0.2) is 0 Å². The van der Waals surface area contributed by atoms with E-state index in [1.165, 1.54) is 52.0 Å². The molecule has 0 saturated carbocycles. The zero-order chi connectivity index (χ0) is 10.5. The maximum Gasteiger partial charge on any atom is 0.0491 e. The SMILES string of the molecule is COCC1CCN(CCC2CNC2)CC1. The molecule has 1 N–H and O–H groups in total. The normalized spacial score (nSPS) is 25.4.